The van der Waals surface area contributed by atoms with Gasteiger partial charge in [-0.3, -0.25) is 0 Å². The molecule has 1 heterocycles. The first kappa shape index (κ1) is 14.4. The molecule has 1 fully saturated rings. The molecule has 106 valence electrons. The van der Waals surface area contributed by atoms with Gasteiger partial charge >= 0.3 is 0 Å². The van der Waals surface area contributed by atoms with Gasteiger partial charge in [-0.15, -0.1) is 0 Å². The van der Waals surface area contributed by atoms with Crippen LogP contribution < -0.4 is 4.74 Å². The van der Waals surface area contributed by atoms with Gasteiger partial charge in [-0.05, 0) is 56.5 Å². The molecule has 0 saturated carbocycles. The van der Waals surface area contributed by atoms with Crippen molar-refractivity contribution < 1.29 is 9.84 Å². The van der Waals surface area contributed by atoms with E-state index in [1.807, 2.05) is 31.2 Å². The van der Waals surface area contributed by atoms with E-state index in [1.165, 1.54) is 25.9 Å². The lowest BCUT2D eigenvalue weighted by Crippen LogP contribution is -2.21. The lowest BCUT2D eigenvalue weighted by Gasteiger charge is -2.14. The topological polar surface area (TPSA) is 32.7 Å². The van der Waals surface area contributed by atoms with Crippen LogP contribution >= 0.6 is 0 Å². The van der Waals surface area contributed by atoms with Crippen molar-refractivity contribution >= 4 is 0 Å². The molecular weight excluding hydrogens is 238 g/mol. The van der Waals surface area contributed by atoms with Gasteiger partial charge in [0.15, 0.2) is 0 Å². The van der Waals surface area contributed by atoms with Crippen molar-refractivity contribution in [3.05, 3.63) is 29.8 Å². The molecule has 1 aliphatic heterocycles. The van der Waals surface area contributed by atoms with Gasteiger partial charge in [0, 0.05) is 6.54 Å². The molecule has 3 nitrogen and oxygen atoms in total. The van der Waals surface area contributed by atoms with Crippen LogP contribution in [0, 0.1) is 0 Å². The molecule has 0 amide bonds. The number of aliphatic hydroxyl groups excluding tert-OH is 1. The van der Waals surface area contributed by atoms with Crippen LogP contribution in [-0.2, 0) is 0 Å². The molecule has 3 heteroatoms. The minimum Gasteiger partial charge on any atom is -0.494 e. The van der Waals surface area contributed by atoms with Crippen LogP contribution in [0.1, 0.15) is 44.3 Å². The molecule has 1 aliphatic rings. The van der Waals surface area contributed by atoms with E-state index in [0.717, 1.165) is 37.3 Å². The normalized spacial score (nSPS) is 17.6. The largest absolute Gasteiger partial charge is 0.494 e. The highest BCUT2D eigenvalue weighted by atomic mass is 16.5. The van der Waals surface area contributed by atoms with E-state index in [4.69, 9.17) is 4.74 Å². The monoisotopic (exact) mass is 263 g/mol. The zero-order chi connectivity index (χ0) is 13.5. The van der Waals surface area contributed by atoms with E-state index in [1.54, 1.807) is 0 Å². The Bertz CT molecular complexity index is 358. The van der Waals surface area contributed by atoms with Gasteiger partial charge in [-0.1, -0.05) is 19.1 Å². The highest BCUT2D eigenvalue weighted by Gasteiger charge is 2.10. The fourth-order valence-corrected chi connectivity index (χ4v) is 2.51. The van der Waals surface area contributed by atoms with Gasteiger partial charge in [0.25, 0.3) is 0 Å². The molecule has 0 radical (unpaired) electrons. The molecule has 0 bridgehead atoms. The fourth-order valence-electron chi connectivity index (χ4n) is 2.51. The van der Waals surface area contributed by atoms with Gasteiger partial charge < -0.3 is 14.7 Å². The second kappa shape index (κ2) is 7.51. The SMILES string of the molecule is CC[C@@H](O)c1ccc(OCCCN2CCCC2)cc1. The van der Waals surface area contributed by atoms with Crippen LogP contribution in [0.2, 0.25) is 0 Å². The second-order valence-corrected chi connectivity index (χ2v) is 5.24. The van der Waals surface area contributed by atoms with Crippen LogP contribution in [0.5, 0.6) is 5.75 Å². The van der Waals surface area contributed by atoms with Crippen LogP contribution in [-0.4, -0.2) is 36.2 Å². The third kappa shape index (κ3) is 4.51. The van der Waals surface area contributed by atoms with Gasteiger partial charge in [-0.2, -0.15) is 0 Å². The predicted molar refractivity (Wildman–Crippen MR) is 77.5 cm³/mol. The summed E-state index contributed by atoms with van der Waals surface area (Å²) in [6.07, 6.45) is 4.17. The number of likely N-dealkylation sites (tertiary alicyclic amines) is 1. The molecule has 1 atom stereocenters. The van der Waals surface area contributed by atoms with Crippen molar-refractivity contribution in [1.82, 2.24) is 4.90 Å². The van der Waals surface area contributed by atoms with Crippen molar-refractivity contribution in [3.63, 3.8) is 0 Å². The lowest BCUT2D eigenvalue weighted by molar-refractivity contribution is 0.173. The summed E-state index contributed by atoms with van der Waals surface area (Å²) in [4.78, 5) is 2.50. The number of hydrogen-bond acceptors (Lipinski definition) is 3. The number of hydrogen-bond donors (Lipinski definition) is 1. The Hall–Kier alpha value is -1.06. The number of aliphatic hydroxyl groups is 1. The smallest absolute Gasteiger partial charge is 0.119 e. The maximum atomic E-state index is 9.71. The number of rotatable bonds is 7. The molecule has 1 N–H and O–H groups in total. The highest BCUT2D eigenvalue weighted by molar-refractivity contribution is 5.28. The molecule has 2 rings (SSSR count). The van der Waals surface area contributed by atoms with Gasteiger partial charge in [-0.25, -0.2) is 0 Å². The summed E-state index contributed by atoms with van der Waals surface area (Å²) in [5, 5.41) is 9.71. The van der Waals surface area contributed by atoms with E-state index in [-0.39, 0.29) is 6.10 Å². The summed E-state index contributed by atoms with van der Waals surface area (Å²) in [5.74, 6) is 0.897. The first-order chi connectivity index (χ1) is 9.29. The first-order valence-corrected chi connectivity index (χ1v) is 7.43. The van der Waals surface area contributed by atoms with Crippen molar-refractivity contribution in [2.45, 2.75) is 38.7 Å². The van der Waals surface area contributed by atoms with Crippen LogP contribution in [0.4, 0.5) is 0 Å². The Morgan fingerprint density at radius 3 is 2.53 bits per heavy atom. The Labute approximate surface area is 116 Å². The molecule has 1 aromatic carbocycles. The van der Waals surface area contributed by atoms with Crippen molar-refractivity contribution in [2.75, 3.05) is 26.2 Å². The Kier molecular flexibility index (Phi) is 5.67. The van der Waals surface area contributed by atoms with E-state index < -0.39 is 0 Å². The lowest BCUT2D eigenvalue weighted by atomic mass is 10.1. The first-order valence-electron chi connectivity index (χ1n) is 7.43. The van der Waals surface area contributed by atoms with E-state index >= 15 is 0 Å². The summed E-state index contributed by atoms with van der Waals surface area (Å²) in [5.41, 5.74) is 0.965. The Morgan fingerprint density at radius 2 is 1.89 bits per heavy atom. The summed E-state index contributed by atoms with van der Waals surface area (Å²) in [6, 6.07) is 7.79. The zero-order valence-corrected chi connectivity index (χ0v) is 11.8. The summed E-state index contributed by atoms with van der Waals surface area (Å²) >= 11 is 0. The van der Waals surface area contributed by atoms with E-state index in [0.29, 0.717) is 0 Å². The minimum atomic E-state index is -0.357. The zero-order valence-electron chi connectivity index (χ0n) is 11.8. The van der Waals surface area contributed by atoms with E-state index in [9.17, 15) is 5.11 Å². The molecule has 0 spiro atoms. The van der Waals surface area contributed by atoms with Crippen LogP contribution in [0.15, 0.2) is 24.3 Å². The summed E-state index contributed by atoms with van der Waals surface area (Å²) < 4.78 is 5.73. The van der Waals surface area contributed by atoms with Crippen molar-refractivity contribution in [2.24, 2.45) is 0 Å². The molecular formula is C16H25NO2. The standard InChI is InChI=1S/C16H25NO2/c1-2-16(18)14-6-8-15(9-7-14)19-13-5-12-17-10-3-4-11-17/h6-9,16,18H,2-5,10-13H2,1H3/t16-/m1/s1. The average Bonchev–Trinajstić information content (AvgIpc) is 2.96. The number of ether oxygens (including phenoxy) is 1. The maximum Gasteiger partial charge on any atom is 0.119 e. The average molecular weight is 263 g/mol. The quantitative estimate of drug-likeness (QED) is 0.768. The molecule has 19 heavy (non-hydrogen) atoms. The Balaban J connectivity index is 1.67. The number of nitrogens with zero attached hydrogens (tertiary/aromatic N) is 1. The molecule has 0 aliphatic carbocycles. The second-order valence-electron chi connectivity index (χ2n) is 5.24. The number of benzene rings is 1. The van der Waals surface area contributed by atoms with Gasteiger partial charge in [0.2, 0.25) is 0 Å². The molecule has 1 aromatic rings. The maximum absolute atomic E-state index is 9.71. The van der Waals surface area contributed by atoms with Crippen LogP contribution in [0.3, 0.4) is 0 Å². The minimum absolute atomic E-state index is 0.357. The third-order valence-electron chi connectivity index (χ3n) is 3.74. The highest BCUT2D eigenvalue weighted by Crippen LogP contribution is 2.19. The Morgan fingerprint density at radius 1 is 1.21 bits per heavy atom. The fraction of sp³-hybridized carbons (Fsp3) is 0.625. The summed E-state index contributed by atoms with van der Waals surface area (Å²) in [6.45, 7) is 6.40. The molecule has 0 aromatic heterocycles. The van der Waals surface area contributed by atoms with Gasteiger partial charge in [0.1, 0.15) is 5.75 Å². The van der Waals surface area contributed by atoms with E-state index in [2.05, 4.69) is 4.90 Å². The summed E-state index contributed by atoms with van der Waals surface area (Å²) in [7, 11) is 0. The van der Waals surface area contributed by atoms with Gasteiger partial charge in [0.05, 0.1) is 12.7 Å². The van der Waals surface area contributed by atoms with Crippen LogP contribution in [0.25, 0.3) is 0 Å². The predicted octanol–water partition coefficient (Wildman–Crippen LogP) is 2.99. The molecule has 1 saturated heterocycles. The van der Waals surface area contributed by atoms with Crippen molar-refractivity contribution in [1.29, 1.82) is 0 Å². The van der Waals surface area contributed by atoms with Crippen molar-refractivity contribution in [3.8, 4) is 5.75 Å². The molecule has 0 unspecified atom stereocenters. The third-order valence-corrected chi connectivity index (χ3v) is 3.74.